The van der Waals surface area contributed by atoms with E-state index in [0.29, 0.717) is 12.3 Å². The van der Waals surface area contributed by atoms with Crippen molar-refractivity contribution in [2.45, 2.75) is 97.3 Å². The van der Waals surface area contributed by atoms with Crippen molar-refractivity contribution in [2.24, 2.45) is 17.8 Å². The van der Waals surface area contributed by atoms with Crippen molar-refractivity contribution >= 4 is 12.4 Å². The van der Waals surface area contributed by atoms with Crippen LogP contribution >= 0.6 is 0 Å². The normalized spacial score (nSPS) is 20.0. The molecule has 1 fully saturated rings. The van der Waals surface area contributed by atoms with Crippen LogP contribution in [0.1, 0.15) is 79.6 Å². The van der Waals surface area contributed by atoms with Crippen molar-refractivity contribution < 1.29 is 19.4 Å². The van der Waals surface area contributed by atoms with Gasteiger partial charge < -0.3 is 15.2 Å². The van der Waals surface area contributed by atoms with Crippen molar-refractivity contribution in [3.63, 3.8) is 0 Å². The second-order valence-corrected chi connectivity index (χ2v) is 8.76. The van der Waals surface area contributed by atoms with Gasteiger partial charge in [0.1, 0.15) is 5.60 Å². The molecule has 0 spiro atoms. The fraction of sp³-hybridized carbons (Fsp3) is 0.900. The van der Waals surface area contributed by atoms with Gasteiger partial charge in [0, 0.05) is 5.92 Å². The van der Waals surface area contributed by atoms with Crippen molar-refractivity contribution in [3.8, 4) is 0 Å². The third kappa shape index (κ3) is 8.70. The maximum Gasteiger partial charge on any atom is 0.407 e. The Hall–Kier alpha value is -1.10. The van der Waals surface area contributed by atoms with Crippen LogP contribution < -0.4 is 5.32 Å². The molecule has 5 heteroatoms. The minimum absolute atomic E-state index is 0.115. The Kier molecular flexibility index (Phi) is 8.91. The first kappa shape index (κ1) is 21.9. The molecule has 0 bridgehead atoms. The number of hydrogen-bond donors (Lipinski definition) is 2. The number of ether oxygens (including phenoxy) is 1. The zero-order valence-corrected chi connectivity index (χ0v) is 16.5. The van der Waals surface area contributed by atoms with Gasteiger partial charge in [-0.1, -0.05) is 46.0 Å². The van der Waals surface area contributed by atoms with E-state index in [-0.39, 0.29) is 11.8 Å². The molecule has 25 heavy (non-hydrogen) atoms. The van der Waals surface area contributed by atoms with Crippen LogP contribution in [0.3, 0.4) is 0 Å². The van der Waals surface area contributed by atoms with Crippen LogP contribution in [-0.4, -0.2) is 35.2 Å². The predicted octanol–water partition coefficient (Wildman–Crippen LogP) is 3.98. The van der Waals surface area contributed by atoms with E-state index in [4.69, 9.17) is 4.74 Å². The molecule has 5 nitrogen and oxygen atoms in total. The van der Waals surface area contributed by atoms with Crippen LogP contribution in [0.15, 0.2) is 0 Å². The lowest BCUT2D eigenvalue weighted by Crippen LogP contribution is -2.47. The van der Waals surface area contributed by atoms with Gasteiger partial charge in [-0.25, -0.2) is 4.79 Å². The summed E-state index contributed by atoms with van der Waals surface area (Å²) < 4.78 is 5.35. The minimum atomic E-state index is -0.775. The number of hydrogen-bond acceptors (Lipinski definition) is 4. The molecule has 2 N–H and O–H groups in total. The number of nitrogens with one attached hydrogen (secondary N) is 1. The van der Waals surface area contributed by atoms with Gasteiger partial charge in [-0.2, -0.15) is 0 Å². The Balaban J connectivity index is 2.74. The number of carbonyl (C=O) groups is 1. The maximum absolute atomic E-state index is 12.2. The van der Waals surface area contributed by atoms with E-state index in [1.807, 2.05) is 40.9 Å². The van der Waals surface area contributed by atoms with E-state index in [0.717, 1.165) is 19.3 Å². The van der Waals surface area contributed by atoms with E-state index in [9.17, 15) is 14.7 Å². The summed E-state index contributed by atoms with van der Waals surface area (Å²) >= 11 is 0. The summed E-state index contributed by atoms with van der Waals surface area (Å²) in [5, 5.41) is 13.5. The van der Waals surface area contributed by atoms with Gasteiger partial charge >= 0.3 is 6.09 Å². The predicted molar refractivity (Wildman–Crippen MR) is 99.0 cm³/mol. The monoisotopic (exact) mass is 354 g/mol. The van der Waals surface area contributed by atoms with Crippen molar-refractivity contribution in [1.82, 2.24) is 5.32 Å². The lowest BCUT2D eigenvalue weighted by Gasteiger charge is -2.32. The van der Waals surface area contributed by atoms with Crippen LogP contribution in [-0.2, 0) is 9.53 Å². The molecule has 1 aliphatic rings. The van der Waals surface area contributed by atoms with Gasteiger partial charge in [0.05, 0.1) is 12.1 Å². The molecule has 0 saturated heterocycles. The van der Waals surface area contributed by atoms with Crippen molar-refractivity contribution in [1.29, 1.82) is 0 Å². The Morgan fingerprint density at radius 2 is 1.84 bits per heavy atom. The van der Waals surface area contributed by atoms with E-state index in [2.05, 4.69) is 5.32 Å². The third-order valence-electron chi connectivity index (χ3n) is 4.93. The number of amides is 1. The molecule has 1 radical (unpaired) electrons. The second-order valence-electron chi connectivity index (χ2n) is 8.76. The Bertz CT molecular complexity index is 410. The smallest absolute Gasteiger partial charge is 0.407 e. The van der Waals surface area contributed by atoms with E-state index >= 15 is 0 Å². The van der Waals surface area contributed by atoms with Crippen LogP contribution in [0, 0.1) is 17.8 Å². The molecular formula is C20H36NO4. The summed E-state index contributed by atoms with van der Waals surface area (Å²) in [6, 6.07) is -0.396. The standard InChI is InChI=1S/C20H36NO4/c1-14(2)16(13-22)12-18(23)17(11-15-9-7-6-8-10-15)21-19(24)25-20(3,4)5/h14-18,23H,6-12H2,1-5H3,(H,21,24)/t16-,17+,18+/m1/s1. The first-order valence-corrected chi connectivity index (χ1v) is 9.67. The van der Waals surface area contributed by atoms with Gasteiger partial charge in [-0.15, -0.1) is 0 Å². The van der Waals surface area contributed by atoms with Gasteiger partial charge in [-0.3, -0.25) is 4.79 Å². The van der Waals surface area contributed by atoms with Gasteiger partial charge in [-0.05, 0) is 45.4 Å². The van der Waals surface area contributed by atoms with Crippen LogP contribution in [0.5, 0.6) is 0 Å². The molecule has 0 heterocycles. The highest BCUT2D eigenvalue weighted by Crippen LogP contribution is 2.29. The quantitative estimate of drug-likeness (QED) is 0.691. The molecular weight excluding hydrogens is 318 g/mol. The number of aliphatic hydroxyl groups is 1. The highest BCUT2D eigenvalue weighted by molar-refractivity contribution is 5.68. The zero-order valence-electron chi connectivity index (χ0n) is 16.5. The summed E-state index contributed by atoms with van der Waals surface area (Å²) in [4.78, 5) is 23.3. The average molecular weight is 355 g/mol. The lowest BCUT2D eigenvalue weighted by molar-refractivity contribution is 0.0359. The maximum atomic E-state index is 12.2. The molecule has 0 unspecified atom stereocenters. The third-order valence-corrected chi connectivity index (χ3v) is 4.93. The average Bonchev–Trinajstić information content (AvgIpc) is 2.50. The molecule has 1 aliphatic carbocycles. The first-order chi connectivity index (χ1) is 11.6. The van der Waals surface area contributed by atoms with E-state index in [1.165, 1.54) is 19.3 Å². The van der Waals surface area contributed by atoms with Gasteiger partial charge in [0.15, 0.2) is 0 Å². The highest BCUT2D eigenvalue weighted by atomic mass is 16.6. The van der Waals surface area contributed by atoms with E-state index in [1.54, 1.807) is 0 Å². The molecule has 1 rings (SSSR count). The fourth-order valence-electron chi connectivity index (χ4n) is 3.43. The minimum Gasteiger partial charge on any atom is -0.444 e. The Morgan fingerprint density at radius 3 is 2.32 bits per heavy atom. The first-order valence-electron chi connectivity index (χ1n) is 9.67. The van der Waals surface area contributed by atoms with E-state index < -0.39 is 23.8 Å². The summed E-state index contributed by atoms with van der Waals surface area (Å²) in [6.07, 6.45) is 7.72. The summed E-state index contributed by atoms with van der Waals surface area (Å²) in [7, 11) is 0. The number of aliphatic hydroxyl groups excluding tert-OH is 1. The van der Waals surface area contributed by atoms with Crippen molar-refractivity contribution in [3.05, 3.63) is 0 Å². The number of alkyl carbamates (subject to hydrolysis) is 1. The fourth-order valence-corrected chi connectivity index (χ4v) is 3.43. The largest absolute Gasteiger partial charge is 0.444 e. The van der Waals surface area contributed by atoms with Gasteiger partial charge in [0.2, 0.25) is 6.29 Å². The van der Waals surface area contributed by atoms with Crippen LogP contribution in [0.25, 0.3) is 0 Å². The molecule has 0 aliphatic heterocycles. The number of carbonyl (C=O) groups excluding carboxylic acids is 2. The lowest BCUT2D eigenvalue weighted by atomic mass is 9.81. The SMILES string of the molecule is CC(C)[C@@H]([C]=O)C[C@H](O)[C@H](CC1CCCCC1)NC(=O)OC(C)(C)C. The molecule has 0 aromatic heterocycles. The second kappa shape index (κ2) is 10.1. The molecule has 0 aromatic rings. The molecule has 3 atom stereocenters. The summed E-state index contributed by atoms with van der Waals surface area (Å²) in [6.45, 7) is 9.33. The zero-order chi connectivity index (χ0) is 19.0. The molecule has 145 valence electrons. The number of rotatable bonds is 8. The Morgan fingerprint density at radius 1 is 1.24 bits per heavy atom. The van der Waals surface area contributed by atoms with Crippen LogP contribution in [0.4, 0.5) is 4.79 Å². The molecule has 1 amide bonds. The Labute approximate surface area is 152 Å². The van der Waals surface area contributed by atoms with Crippen LogP contribution in [0.2, 0.25) is 0 Å². The summed E-state index contributed by atoms with van der Waals surface area (Å²) in [5.41, 5.74) is -0.582. The van der Waals surface area contributed by atoms with Crippen molar-refractivity contribution in [2.75, 3.05) is 0 Å². The summed E-state index contributed by atoms with van der Waals surface area (Å²) in [5.74, 6) is 0.286. The highest BCUT2D eigenvalue weighted by Gasteiger charge is 2.30. The topological polar surface area (TPSA) is 75.6 Å². The molecule has 1 saturated carbocycles. The molecule has 0 aromatic carbocycles. The van der Waals surface area contributed by atoms with Gasteiger partial charge in [0.25, 0.3) is 0 Å².